The standard InChI is InChI=1S/C18H21F2NO3/c1-11-6-15(11)18-5-3-14(24-18)9-21-8-12(22)10-23-13-2-4-16(19)17(20)7-13/h2-5,7,11-12,15,21-22H,6,8-10H2,1H3. The molecule has 6 heteroatoms. The van der Waals surface area contributed by atoms with E-state index in [0.717, 1.165) is 23.7 Å². The number of furan rings is 1. The van der Waals surface area contributed by atoms with Crippen molar-refractivity contribution in [3.63, 3.8) is 0 Å². The van der Waals surface area contributed by atoms with Crippen LogP contribution in [0.1, 0.15) is 30.8 Å². The van der Waals surface area contributed by atoms with Gasteiger partial charge in [-0.3, -0.25) is 0 Å². The van der Waals surface area contributed by atoms with Crippen molar-refractivity contribution >= 4 is 0 Å². The van der Waals surface area contributed by atoms with Crippen LogP contribution in [-0.4, -0.2) is 24.4 Å². The Kier molecular flexibility index (Phi) is 5.16. The van der Waals surface area contributed by atoms with E-state index in [1.807, 2.05) is 12.1 Å². The molecule has 1 aliphatic rings. The molecule has 24 heavy (non-hydrogen) atoms. The largest absolute Gasteiger partial charge is 0.491 e. The van der Waals surface area contributed by atoms with Crippen LogP contribution < -0.4 is 10.1 Å². The third kappa shape index (κ3) is 4.33. The number of aliphatic hydroxyl groups excluding tert-OH is 1. The first-order valence-corrected chi connectivity index (χ1v) is 8.08. The van der Waals surface area contributed by atoms with Crippen molar-refractivity contribution in [2.75, 3.05) is 13.2 Å². The lowest BCUT2D eigenvalue weighted by Gasteiger charge is -2.13. The van der Waals surface area contributed by atoms with Crippen molar-refractivity contribution < 1.29 is 23.0 Å². The van der Waals surface area contributed by atoms with E-state index in [1.54, 1.807) is 0 Å². The lowest BCUT2D eigenvalue weighted by molar-refractivity contribution is 0.105. The number of ether oxygens (including phenoxy) is 1. The lowest BCUT2D eigenvalue weighted by Crippen LogP contribution is -2.31. The van der Waals surface area contributed by atoms with Crippen molar-refractivity contribution in [3.05, 3.63) is 53.5 Å². The van der Waals surface area contributed by atoms with Crippen LogP contribution >= 0.6 is 0 Å². The summed E-state index contributed by atoms with van der Waals surface area (Å²) in [7, 11) is 0. The predicted octanol–water partition coefficient (Wildman–Crippen LogP) is 3.21. The number of halogens is 2. The summed E-state index contributed by atoms with van der Waals surface area (Å²) in [6.07, 6.45) is 0.413. The minimum absolute atomic E-state index is 0.0128. The highest BCUT2D eigenvalue weighted by atomic mass is 19.2. The van der Waals surface area contributed by atoms with E-state index in [1.165, 1.54) is 12.5 Å². The van der Waals surface area contributed by atoms with E-state index in [9.17, 15) is 13.9 Å². The first-order chi connectivity index (χ1) is 11.5. The summed E-state index contributed by atoms with van der Waals surface area (Å²) in [6, 6.07) is 7.22. The van der Waals surface area contributed by atoms with Gasteiger partial charge in [0, 0.05) is 18.5 Å². The quantitative estimate of drug-likeness (QED) is 0.777. The zero-order valence-electron chi connectivity index (χ0n) is 13.5. The Morgan fingerprint density at radius 2 is 2.08 bits per heavy atom. The third-order valence-corrected chi connectivity index (χ3v) is 4.17. The molecule has 0 saturated heterocycles. The minimum Gasteiger partial charge on any atom is -0.491 e. The molecule has 3 rings (SSSR count). The summed E-state index contributed by atoms with van der Waals surface area (Å²) < 4.78 is 36.8. The van der Waals surface area contributed by atoms with Crippen LogP contribution in [-0.2, 0) is 6.54 Å². The molecule has 4 nitrogen and oxygen atoms in total. The van der Waals surface area contributed by atoms with Crippen LogP contribution in [0.2, 0.25) is 0 Å². The molecule has 3 atom stereocenters. The average molecular weight is 337 g/mol. The molecule has 0 amide bonds. The van der Waals surface area contributed by atoms with Crippen molar-refractivity contribution in [1.82, 2.24) is 5.32 Å². The van der Waals surface area contributed by atoms with Crippen LogP contribution in [0.15, 0.2) is 34.7 Å². The van der Waals surface area contributed by atoms with Gasteiger partial charge in [0.2, 0.25) is 0 Å². The smallest absolute Gasteiger partial charge is 0.162 e. The Labute approximate surface area is 139 Å². The van der Waals surface area contributed by atoms with Crippen LogP contribution in [0.3, 0.4) is 0 Å². The average Bonchev–Trinajstić information content (AvgIpc) is 3.09. The first kappa shape index (κ1) is 16.9. The Morgan fingerprint density at radius 3 is 2.79 bits per heavy atom. The SMILES string of the molecule is CC1CC1c1ccc(CNCC(O)COc2ccc(F)c(F)c2)o1. The predicted molar refractivity (Wildman–Crippen MR) is 84.8 cm³/mol. The Hall–Kier alpha value is -1.92. The Balaban J connectivity index is 1.37. The summed E-state index contributed by atoms with van der Waals surface area (Å²) >= 11 is 0. The lowest BCUT2D eigenvalue weighted by atomic mass is 10.3. The van der Waals surface area contributed by atoms with Gasteiger partial charge < -0.3 is 19.6 Å². The topological polar surface area (TPSA) is 54.6 Å². The number of nitrogens with one attached hydrogen (secondary N) is 1. The van der Waals surface area contributed by atoms with Gasteiger partial charge in [-0.15, -0.1) is 0 Å². The molecule has 0 aliphatic heterocycles. The van der Waals surface area contributed by atoms with Gasteiger partial charge in [0.15, 0.2) is 11.6 Å². The minimum atomic E-state index is -0.973. The maximum absolute atomic E-state index is 13.0. The summed E-state index contributed by atoms with van der Waals surface area (Å²) in [6.45, 7) is 3.01. The van der Waals surface area contributed by atoms with Crippen molar-refractivity contribution in [3.8, 4) is 5.75 Å². The Bertz CT molecular complexity index is 689. The van der Waals surface area contributed by atoms with E-state index >= 15 is 0 Å². The monoisotopic (exact) mass is 337 g/mol. The second kappa shape index (κ2) is 7.32. The molecule has 1 saturated carbocycles. The molecule has 1 aliphatic carbocycles. The molecular weight excluding hydrogens is 316 g/mol. The first-order valence-electron chi connectivity index (χ1n) is 8.08. The highest BCUT2D eigenvalue weighted by Gasteiger charge is 2.36. The summed E-state index contributed by atoms with van der Waals surface area (Å²) in [5.41, 5.74) is 0. The molecule has 1 aromatic heterocycles. The van der Waals surface area contributed by atoms with Gasteiger partial charge in [-0.05, 0) is 36.6 Å². The maximum atomic E-state index is 13.0. The fourth-order valence-electron chi connectivity index (χ4n) is 2.59. The van der Waals surface area contributed by atoms with Gasteiger partial charge in [0.25, 0.3) is 0 Å². The van der Waals surface area contributed by atoms with E-state index in [2.05, 4.69) is 12.2 Å². The third-order valence-electron chi connectivity index (χ3n) is 4.17. The van der Waals surface area contributed by atoms with Crippen LogP contribution in [0.5, 0.6) is 5.75 Å². The second-order valence-corrected chi connectivity index (χ2v) is 6.30. The van der Waals surface area contributed by atoms with Gasteiger partial charge in [-0.1, -0.05) is 6.92 Å². The number of aliphatic hydroxyl groups is 1. The van der Waals surface area contributed by atoms with Crippen molar-refractivity contribution in [1.29, 1.82) is 0 Å². The molecule has 130 valence electrons. The van der Waals surface area contributed by atoms with Crippen LogP contribution in [0.25, 0.3) is 0 Å². The molecule has 1 heterocycles. The van der Waals surface area contributed by atoms with Crippen molar-refractivity contribution in [2.24, 2.45) is 5.92 Å². The molecule has 1 aromatic carbocycles. The number of hydrogen-bond acceptors (Lipinski definition) is 4. The molecule has 2 N–H and O–H groups in total. The molecule has 2 aromatic rings. The summed E-state index contributed by atoms with van der Waals surface area (Å²) in [4.78, 5) is 0. The molecule has 1 fully saturated rings. The molecular formula is C18H21F2NO3. The van der Waals surface area contributed by atoms with E-state index in [-0.39, 0.29) is 12.4 Å². The van der Waals surface area contributed by atoms with Gasteiger partial charge in [-0.2, -0.15) is 0 Å². The fourth-order valence-corrected chi connectivity index (χ4v) is 2.59. The van der Waals surface area contributed by atoms with Crippen LogP contribution in [0, 0.1) is 17.6 Å². The Morgan fingerprint density at radius 1 is 1.29 bits per heavy atom. The number of benzene rings is 1. The van der Waals surface area contributed by atoms with E-state index in [4.69, 9.17) is 9.15 Å². The summed E-state index contributed by atoms with van der Waals surface area (Å²) in [5.74, 6) is 1.39. The maximum Gasteiger partial charge on any atom is 0.162 e. The molecule has 0 spiro atoms. The van der Waals surface area contributed by atoms with E-state index in [0.29, 0.717) is 24.9 Å². The van der Waals surface area contributed by atoms with E-state index < -0.39 is 17.7 Å². The van der Waals surface area contributed by atoms with Gasteiger partial charge >= 0.3 is 0 Å². The van der Waals surface area contributed by atoms with Crippen molar-refractivity contribution in [2.45, 2.75) is 31.9 Å². The molecule has 3 unspecified atom stereocenters. The number of rotatable bonds is 8. The summed E-state index contributed by atoms with van der Waals surface area (Å²) in [5, 5.41) is 12.9. The fraction of sp³-hybridized carbons (Fsp3) is 0.444. The van der Waals surface area contributed by atoms with Gasteiger partial charge in [-0.25, -0.2) is 8.78 Å². The normalized spacial score (nSPS) is 20.8. The zero-order valence-corrected chi connectivity index (χ0v) is 13.5. The van der Waals surface area contributed by atoms with Crippen LogP contribution in [0.4, 0.5) is 8.78 Å². The van der Waals surface area contributed by atoms with Gasteiger partial charge in [0.1, 0.15) is 30.0 Å². The molecule has 0 radical (unpaired) electrons. The highest BCUT2D eigenvalue weighted by Crippen LogP contribution is 2.47. The number of hydrogen-bond donors (Lipinski definition) is 2. The zero-order chi connectivity index (χ0) is 17.1. The molecule has 0 bridgehead atoms. The van der Waals surface area contributed by atoms with Gasteiger partial charge in [0.05, 0.1) is 6.54 Å². The second-order valence-electron chi connectivity index (χ2n) is 6.30. The highest BCUT2D eigenvalue weighted by molar-refractivity contribution is 5.23.